The number of anilines is 3. The Kier molecular flexibility index (Phi) is 8.04. The Bertz CT molecular complexity index is 1820. The second-order valence-corrected chi connectivity index (χ2v) is 13.1. The van der Waals surface area contributed by atoms with E-state index in [2.05, 4.69) is 14.8 Å². The lowest BCUT2D eigenvalue weighted by atomic mass is 10.1. The molecule has 0 spiro atoms. The molecule has 0 saturated carbocycles. The van der Waals surface area contributed by atoms with Gasteiger partial charge in [-0.15, -0.1) is 0 Å². The molecule has 0 unspecified atom stereocenters. The van der Waals surface area contributed by atoms with Crippen molar-refractivity contribution in [2.75, 3.05) is 14.8 Å². The zero-order chi connectivity index (χ0) is 29.2. The van der Waals surface area contributed by atoms with Gasteiger partial charge in [0, 0.05) is 16.9 Å². The van der Waals surface area contributed by atoms with Crippen LogP contribution in [-0.2, 0) is 20.0 Å². The van der Waals surface area contributed by atoms with E-state index < -0.39 is 26.0 Å². The van der Waals surface area contributed by atoms with Gasteiger partial charge in [0.2, 0.25) is 0 Å². The minimum atomic E-state index is -3.96. The third-order valence-corrected chi connectivity index (χ3v) is 9.46. The highest BCUT2D eigenvalue weighted by Gasteiger charge is 2.20. The summed E-state index contributed by atoms with van der Waals surface area (Å²) >= 11 is 0. The molecule has 4 rings (SSSR count). The molecule has 10 heteroatoms. The topological polar surface area (TPSA) is 121 Å². The first-order chi connectivity index (χ1) is 18.7. The highest BCUT2D eigenvalue weighted by molar-refractivity contribution is 7.93. The Hall–Kier alpha value is -4.15. The molecule has 0 aliphatic carbocycles. The van der Waals surface area contributed by atoms with Crippen LogP contribution in [0.15, 0.2) is 88.7 Å². The van der Waals surface area contributed by atoms with Crippen LogP contribution in [0.25, 0.3) is 0 Å². The second kappa shape index (κ2) is 11.1. The molecule has 0 saturated heterocycles. The van der Waals surface area contributed by atoms with Crippen molar-refractivity contribution in [2.24, 2.45) is 0 Å². The maximum absolute atomic E-state index is 13.1. The van der Waals surface area contributed by atoms with Crippen molar-refractivity contribution in [2.45, 2.75) is 44.4 Å². The molecule has 8 nitrogen and oxygen atoms in total. The minimum Gasteiger partial charge on any atom is -0.322 e. The van der Waals surface area contributed by atoms with Gasteiger partial charge < -0.3 is 5.32 Å². The predicted molar refractivity (Wildman–Crippen MR) is 159 cm³/mol. The van der Waals surface area contributed by atoms with E-state index in [0.29, 0.717) is 22.6 Å². The summed E-state index contributed by atoms with van der Waals surface area (Å²) in [4.78, 5) is 13.0. The maximum atomic E-state index is 13.1. The first kappa shape index (κ1) is 28.8. The zero-order valence-corrected chi connectivity index (χ0v) is 24.5. The number of rotatable bonds is 8. The fourth-order valence-electron chi connectivity index (χ4n) is 4.02. The molecule has 4 aromatic carbocycles. The lowest BCUT2D eigenvalue weighted by molar-refractivity contribution is 0.102. The van der Waals surface area contributed by atoms with Crippen molar-refractivity contribution < 1.29 is 21.6 Å². The number of hydrogen-bond acceptors (Lipinski definition) is 5. The normalized spacial score (nSPS) is 11.6. The molecule has 3 N–H and O–H groups in total. The van der Waals surface area contributed by atoms with E-state index in [1.54, 1.807) is 31.2 Å². The number of hydrogen-bond donors (Lipinski definition) is 3. The Morgan fingerprint density at radius 1 is 0.575 bits per heavy atom. The van der Waals surface area contributed by atoms with E-state index in [-0.39, 0.29) is 15.4 Å². The molecule has 0 aliphatic heterocycles. The average Bonchev–Trinajstić information content (AvgIpc) is 2.88. The molecule has 0 aliphatic rings. The third kappa shape index (κ3) is 6.52. The third-order valence-electron chi connectivity index (χ3n) is 6.56. The number of carbonyl (C=O) groups excluding carboxylic acids is 1. The highest BCUT2D eigenvalue weighted by atomic mass is 32.2. The van der Waals surface area contributed by atoms with Crippen molar-refractivity contribution in [3.8, 4) is 0 Å². The number of amides is 1. The van der Waals surface area contributed by atoms with Gasteiger partial charge in [0.1, 0.15) is 0 Å². The van der Waals surface area contributed by atoms with E-state index in [1.165, 1.54) is 36.4 Å². The monoisotopic (exact) mass is 577 g/mol. The molecular formula is C30H31N3O5S2. The molecule has 4 aromatic rings. The molecule has 0 bridgehead atoms. The van der Waals surface area contributed by atoms with Crippen molar-refractivity contribution in [3.63, 3.8) is 0 Å². The predicted octanol–water partition coefficient (Wildman–Crippen LogP) is 6.08. The molecule has 0 atom stereocenters. The van der Waals surface area contributed by atoms with Crippen molar-refractivity contribution in [1.82, 2.24) is 0 Å². The first-order valence-electron chi connectivity index (χ1n) is 12.5. The molecule has 0 aromatic heterocycles. The fourth-order valence-corrected chi connectivity index (χ4v) is 6.46. The lowest BCUT2D eigenvalue weighted by Crippen LogP contribution is -2.17. The van der Waals surface area contributed by atoms with Gasteiger partial charge in [-0.3, -0.25) is 14.2 Å². The second-order valence-electron chi connectivity index (χ2n) is 9.79. The van der Waals surface area contributed by atoms with Gasteiger partial charge in [0.15, 0.2) is 0 Å². The summed E-state index contributed by atoms with van der Waals surface area (Å²) in [5.74, 6) is -0.535. The molecule has 1 amide bonds. The number of benzene rings is 4. The van der Waals surface area contributed by atoms with Crippen LogP contribution in [0, 0.1) is 34.6 Å². The van der Waals surface area contributed by atoms with Crippen LogP contribution < -0.4 is 14.8 Å². The van der Waals surface area contributed by atoms with Crippen LogP contribution in [-0.4, -0.2) is 22.7 Å². The van der Waals surface area contributed by atoms with Gasteiger partial charge >= 0.3 is 0 Å². The number of aryl methyl sites for hydroxylation is 5. The fraction of sp³-hybridized carbons (Fsp3) is 0.167. The molecule has 0 heterocycles. The highest BCUT2D eigenvalue weighted by Crippen LogP contribution is 2.25. The molecule has 40 heavy (non-hydrogen) atoms. The van der Waals surface area contributed by atoms with Crippen molar-refractivity contribution in [1.29, 1.82) is 0 Å². The zero-order valence-electron chi connectivity index (χ0n) is 22.9. The largest absolute Gasteiger partial charge is 0.322 e. The summed E-state index contributed by atoms with van der Waals surface area (Å²) in [5.41, 5.74) is 5.61. The van der Waals surface area contributed by atoms with Gasteiger partial charge in [-0.1, -0.05) is 24.3 Å². The average molecular weight is 578 g/mol. The molecular weight excluding hydrogens is 546 g/mol. The van der Waals surface area contributed by atoms with Crippen LogP contribution in [0.1, 0.15) is 38.2 Å². The van der Waals surface area contributed by atoms with Crippen LogP contribution >= 0.6 is 0 Å². The summed E-state index contributed by atoms with van der Waals surface area (Å²) in [6, 6.07) is 20.9. The van der Waals surface area contributed by atoms with E-state index >= 15 is 0 Å². The molecule has 208 valence electrons. The Morgan fingerprint density at radius 3 is 1.88 bits per heavy atom. The molecule has 0 fully saturated rings. The Morgan fingerprint density at radius 2 is 1.20 bits per heavy atom. The first-order valence-corrected chi connectivity index (χ1v) is 15.4. The summed E-state index contributed by atoms with van der Waals surface area (Å²) in [6.45, 7) is 9.18. The van der Waals surface area contributed by atoms with Gasteiger partial charge in [-0.25, -0.2) is 16.8 Å². The smallest absolute Gasteiger partial charge is 0.262 e. The van der Waals surface area contributed by atoms with Gasteiger partial charge in [-0.05, 0) is 117 Å². The van der Waals surface area contributed by atoms with E-state index in [4.69, 9.17) is 0 Å². The summed E-state index contributed by atoms with van der Waals surface area (Å²) in [5, 5.41) is 2.70. The van der Waals surface area contributed by atoms with Crippen LogP contribution in [0.5, 0.6) is 0 Å². The summed E-state index contributed by atoms with van der Waals surface area (Å²) in [6.07, 6.45) is 0. The van der Waals surface area contributed by atoms with E-state index in [9.17, 15) is 21.6 Å². The van der Waals surface area contributed by atoms with Crippen molar-refractivity contribution >= 4 is 43.0 Å². The lowest BCUT2D eigenvalue weighted by Gasteiger charge is -2.14. The standard InChI is InChI=1S/C30H31N3O5S2/c1-19-6-7-21(3)28(16-19)33-39(35,36)27-14-12-25(13-15-27)31-30(34)24-10-8-22(4)29(18-24)40(37,38)32-26-11-9-20(2)23(5)17-26/h6-18,32-33H,1-5H3,(H,31,34). The van der Waals surface area contributed by atoms with Gasteiger partial charge in [0.25, 0.3) is 26.0 Å². The quantitative estimate of drug-likeness (QED) is 0.234. The Balaban J connectivity index is 1.51. The van der Waals surface area contributed by atoms with Crippen LogP contribution in [0.2, 0.25) is 0 Å². The molecule has 0 radical (unpaired) electrons. The summed E-state index contributed by atoms with van der Waals surface area (Å²) in [7, 11) is -7.80. The number of carbonyl (C=O) groups is 1. The number of nitrogens with one attached hydrogen (secondary N) is 3. The minimum absolute atomic E-state index is 0.0164. The maximum Gasteiger partial charge on any atom is 0.262 e. The van der Waals surface area contributed by atoms with Crippen molar-refractivity contribution in [3.05, 3.63) is 112 Å². The SMILES string of the molecule is Cc1ccc(C)c(NS(=O)(=O)c2ccc(NC(=O)c3ccc(C)c(S(=O)(=O)Nc4ccc(C)c(C)c4)c3)cc2)c1. The Labute approximate surface area is 235 Å². The van der Waals surface area contributed by atoms with E-state index in [1.807, 2.05) is 45.9 Å². The van der Waals surface area contributed by atoms with Crippen LogP contribution in [0.4, 0.5) is 17.1 Å². The van der Waals surface area contributed by atoms with Gasteiger partial charge in [-0.2, -0.15) is 0 Å². The summed E-state index contributed by atoms with van der Waals surface area (Å²) < 4.78 is 57.3. The number of sulfonamides is 2. The van der Waals surface area contributed by atoms with Crippen LogP contribution in [0.3, 0.4) is 0 Å². The van der Waals surface area contributed by atoms with Gasteiger partial charge in [0.05, 0.1) is 15.5 Å². The van der Waals surface area contributed by atoms with E-state index in [0.717, 1.165) is 22.3 Å².